The molecule has 0 bridgehead atoms. The van der Waals surface area contributed by atoms with E-state index in [2.05, 4.69) is 16.0 Å². The molecule has 0 aliphatic carbocycles. The zero-order chi connectivity index (χ0) is 11.1. The van der Waals surface area contributed by atoms with Gasteiger partial charge in [-0.3, -0.25) is 9.59 Å². The first-order valence-corrected chi connectivity index (χ1v) is 5.49. The second kappa shape index (κ2) is 8.35. The fraction of sp³-hybridized carbons (Fsp3) is 0.800. The summed E-state index contributed by atoms with van der Waals surface area (Å²) in [6, 6.07) is 0. The average molecular weight is 250 g/mol. The second-order valence-electron chi connectivity index (χ2n) is 3.76. The van der Waals surface area contributed by atoms with Crippen LogP contribution in [0.15, 0.2) is 0 Å². The van der Waals surface area contributed by atoms with E-state index in [-0.39, 0.29) is 36.7 Å². The van der Waals surface area contributed by atoms with Gasteiger partial charge in [-0.15, -0.1) is 12.4 Å². The number of hydrogen-bond acceptors (Lipinski definition) is 3. The van der Waals surface area contributed by atoms with Crippen molar-refractivity contribution in [1.82, 2.24) is 16.0 Å². The molecule has 0 unspecified atom stereocenters. The van der Waals surface area contributed by atoms with Crippen LogP contribution < -0.4 is 16.0 Å². The average Bonchev–Trinajstić information content (AvgIpc) is 2.76. The van der Waals surface area contributed by atoms with E-state index in [9.17, 15) is 9.59 Å². The van der Waals surface area contributed by atoms with Crippen molar-refractivity contribution in [3.05, 3.63) is 0 Å². The molecule has 1 saturated heterocycles. The molecule has 1 aliphatic heterocycles. The minimum atomic E-state index is -0.115. The Labute approximate surface area is 102 Å². The Balaban J connectivity index is 0.00000225. The van der Waals surface area contributed by atoms with E-state index in [1.54, 1.807) is 0 Å². The van der Waals surface area contributed by atoms with Crippen LogP contribution in [0.1, 0.15) is 19.8 Å². The largest absolute Gasteiger partial charge is 0.355 e. The zero-order valence-electron chi connectivity index (χ0n) is 9.54. The normalized spacial score (nSPS) is 18.7. The van der Waals surface area contributed by atoms with E-state index in [1.807, 2.05) is 6.92 Å². The van der Waals surface area contributed by atoms with Crippen molar-refractivity contribution in [2.24, 2.45) is 5.92 Å². The molecule has 0 aromatic rings. The van der Waals surface area contributed by atoms with Gasteiger partial charge < -0.3 is 16.0 Å². The summed E-state index contributed by atoms with van der Waals surface area (Å²) in [5.41, 5.74) is 0. The van der Waals surface area contributed by atoms with Gasteiger partial charge in [-0.1, -0.05) is 6.92 Å². The lowest BCUT2D eigenvalue weighted by Gasteiger charge is -2.09. The Morgan fingerprint density at radius 2 is 2.12 bits per heavy atom. The molecular formula is C10H20ClN3O2. The van der Waals surface area contributed by atoms with Crippen LogP contribution in [-0.4, -0.2) is 38.0 Å². The van der Waals surface area contributed by atoms with Crippen molar-refractivity contribution in [1.29, 1.82) is 0 Å². The van der Waals surface area contributed by atoms with Crippen molar-refractivity contribution >= 4 is 24.2 Å². The third-order valence-corrected chi connectivity index (χ3v) is 2.43. The van der Waals surface area contributed by atoms with Gasteiger partial charge in [0.2, 0.25) is 11.8 Å². The van der Waals surface area contributed by atoms with Gasteiger partial charge in [-0.2, -0.15) is 0 Å². The summed E-state index contributed by atoms with van der Waals surface area (Å²) >= 11 is 0. The maximum Gasteiger partial charge on any atom is 0.239 e. The first-order chi connectivity index (χ1) is 7.24. The molecule has 0 aromatic heterocycles. The number of rotatable bonds is 5. The standard InChI is InChI=1S/C10H19N3O2.ClH/c1-2-4-12-9(14)7-13-10(15)8-3-5-11-6-8;/h8,11H,2-7H2,1H3,(H,12,14)(H,13,15);1H/t8-;/m0./s1. The summed E-state index contributed by atoms with van der Waals surface area (Å²) in [5, 5.41) is 8.47. The van der Waals surface area contributed by atoms with Crippen LogP contribution in [0.3, 0.4) is 0 Å². The molecule has 94 valence electrons. The third kappa shape index (κ3) is 5.32. The number of hydrogen-bond donors (Lipinski definition) is 3. The maximum atomic E-state index is 11.5. The highest BCUT2D eigenvalue weighted by Gasteiger charge is 2.22. The van der Waals surface area contributed by atoms with Crippen LogP contribution in [0.2, 0.25) is 0 Å². The molecule has 0 radical (unpaired) electrons. The summed E-state index contributed by atoms with van der Waals surface area (Å²) < 4.78 is 0. The first-order valence-electron chi connectivity index (χ1n) is 5.49. The predicted octanol–water partition coefficient (Wildman–Crippen LogP) is -0.340. The quantitative estimate of drug-likeness (QED) is 0.624. The SMILES string of the molecule is CCCNC(=O)CNC(=O)[C@H]1CCNC1.Cl. The minimum absolute atomic E-state index is 0. The summed E-state index contributed by atoms with van der Waals surface area (Å²) in [6.45, 7) is 4.36. The zero-order valence-corrected chi connectivity index (χ0v) is 10.4. The van der Waals surface area contributed by atoms with E-state index >= 15 is 0 Å². The van der Waals surface area contributed by atoms with E-state index in [4.69, 9.17) is 0 Å². The van der Waals surface area contributed by atoms with E-state index in [0.717, 1.165) is 25.9 Å². The molecule has 5 nitrogen and oxygen atoms in total. The lowest BCUT2D eigenvalue weighted by atomic mass is 10.1. The molecule has 1 heterocycles. The van der Waals surface area contributed by atoms with Crippen molar-refractivity contribution in [2.45, 2.75) is 19.8 Å². The predicted molar refractivity (Wildman–Crippen MR) is 64.5 cm³/mol. The van der Waals surface area contributed by atoms with Crippen LogP contribution in [0, 0.1) is 5.92 Å². The van der Waals surface area contributed by atoms with E-state index in [0.29, 0.717) is 6.54 Å². The highest BCUT2D eigenvalue weighted by Crippen LogP contribution is 2.06. The van der Waals surface area contributed by atoms with Crippen LogP contribution in [0.5, 0.6) is 0 Å². The van der Waals surface area contributed by atoms with Gasteiger partial charge in [0, 0.05) is 13.1 Å². The Kier molecular flexibility index (Phi) is 7.93. The Hall–Kier alpha value is -0.810. The van der Waals surface area contributed by atoms with E-state index < -0.39 is 0 Å². The summed E-state index contributed by atoms with van der Waals surface area (Å²) in [7, 11) is 0. The van der Waals surface area contributed by atoms with Gasteiger partial charge in [-0.25, -0.2) is 0 Å². The highest BCUT2D eigenvalue weighted by atomic mass is 35.5. The summed E-state index contributed by atoms with van der Waals surface area (Å²) in [5.74, 6) is -0.105. The number of carbonyl (C=O) groups excluding carboxylic acids is 2. The second-order valence-corrected chi connectivity index (χ2v) is 3.76. The molecule has 16 heavy (non-hydrogen) atoms. The smallest absolute Gasteiger partial charge is 0.239 e. The summed E-state index contributed by atoms with van der Waals surface area (Å²) in [6.07, 6.45) is 1.77. The van der Waals surface area contributed by atoms with Gasteiger partial charge in [0.05, 0.1) is 12.5 Å². The molecule has 1 rings (SSSR count). The molecule has 0 spiro atoms. The van der Waals surface area contributed by atoms with Gasteiger partial charge in [-0.05, 0) is 19.4 Å². The van der Waals surface area contributed by atoms with Gasteiger partial charge in [0.1, 0.15) is 0 Å². The van der Waals surface area contributed by atoms with Gasteiger partial charge in [0.15, 0.2) is 0 Å². The summed E-state index contributed by atoms with van der Waals surface area (Å²) in [4.78, 5) is 22.7. The van der Waals surface area contributed by atoms with Crippen LogP contribution in [0.25, 0.3) is 0 Å². The maximum absolute atomic E-state index is 11.5. The first kappa shape index (κ1) is 15.2. The number of nitrogens with one attached hydrogen (secondary N) is 3. The Morgan fingerprint density at radius 1 is 1.38 bits per heavy atom. The van der Waals surface area contributed by atoms with Crippen molar-refractivity contribution in [2.75, 3.05) is 26.2 Å². The molecule has 3 N–H and O–H groups in total. The van der Waals surface area contributed by atoms with Crippen molar-refractivity contribution < 1.29 is 9.59 Å². The van der Waals surface area contributed by atoms with Gasteiger partial charge >= 0.3 is 0 Å². The Bertz CT molecular complexity index is 230. The van der Waals surface area contributed by atoms with Crippen molar-refractivity contribution in [3.8, 4) is 0 Å². The topological polar surface area (TPSA) is 70.2 Å². The lowest BCUT2D eigenvalue weighted by molar-refractivity contribution is -0.128. The molecule has 0 aromatic carbocycles. The van der Waals surface area contributed by atoms with Crippen molar-refractivity contribution in [3.63, 3.8) is 0 Å². The molecule has 1 atom stereocenters. The highest BCUT2D eigenvalue weighted by molar-refractivity contribution is 5.86. The number of halogens is 1. The lowest BCUT2D eigenvalue weighted by Crippen LogP contribution is -2.40. The molecule has 1 fully saturated rings. The molecule has 2 amide bonds. The third-order valence-electron chi connectivity index (χ3n) is 2.43. The monoisotopic (exact) mass is 249 g/mol. The van der Waals surface area contributed by atoms with Gasteiger partial charge in [0.25, 0.3) is 0 Å². The Morgan fingerprint density at radius 3 is 2.69 bits per heavy atom. The minimum Gasteiger partial charge on any atom is -0.355 e. The fourth-order valence-electron chi connectivity index (χ4n) is 1.52. The van der Waals surface area contributed by atoms with Crippen LogP contribution >= 0.6 is 12.4 Å². The number of carbonyl (C=O) groups is 2. The van der Waals surface area contributed by atoms with Crippen LogP contribution in [0.4, 0.5) is 0 Å². The number of amides is 2. The molecule has 1 aliphatic rings. The molecule has 0 saturated carbocycles. The molecular weight excluding hydrogens is 230 g/mol. The van der Waals surface area contributed by atoms with E-state index in [1.165, 1.54) is 0 Å². The fourth-order valence-corrected chi connectivity index (χ4v) is 1.52. The van der Waals surface area contributed by atoms with Crippen LogP contribution in [-0.2, 0) is 9.59 Å². The molecule has 6 heteroatoms.